The van der Waals surface area contributed by atoms with Crippen LogP contribution in [0.4, 0.5) is 0 Å². The highest BCUT2D eigenvalue weighted by Crippen LogP contribution is 2.30. The van der Waals surface area contributed by atoms with Crippen LogP contribution in [0.5, 0.6) is 0 Å². The van der Waals surface area contributed by atoms with E-state index in [-0.39, 0.29) is 18.1 Å². The van der Waals surface area contributed by atoms with Crippen LogP contribution in [0, 0.1) is 19.8 Å². The van der Waals surface area contributed by atoms with E-state index in [4.69, 9.17) is 4.74 Å². The van der Waals surface area contributed by atoms with Crippen LogP contribution in [0.2, 0.25) is 0 Å². The zero-order valence-corrected chi connectivity index (χ0v) is 20.0. The molecule has 3 heterocycles. The van der Waals surface area contributed by atoms with Crippen LogP contribution < -0.4 is 0 Å². The van der Waals surface area contributed by atoms with Gasteiger partial charge in [-0.25, -0.2) is 19.7 Å². The largest absolute Gasteiger partial charge is 0.452 e. The fourth-order valence-corrected chi connectivity index (χ4v) is 4.67. The topological polar surface area (TPSA) is 87.0 Å². The Morgan fingerprint density at radius 1 is 1.12 bits per heavy atom. The molecule has 0 atom stereocenters. The van der Waals surface area contributed by atoms with Gasteiger partial charge in [-0.05, 0) is 44.4 Å². The monoisotopic (exact) mass is 462 g/mol. The Balaban J connectivity index is 1.50. The van der Waals surface area contributed by atoms with Crippen molar-refractivity contribution in [2.75, 3.05) is 6.61 Å². The molecule has 0 aliphatic carbocycles. The number of aromatic nitrogens is 4. The molecule has 3 aromatic heterocycles. The maximum atomic E-state index is 12.8. The first kappa shape index (κ1) is 22.8. The number of benzene rings is 1. The van der Waals surface area contributed by atoms with Gasteiger partial charge in [0, 0.05) is 35.9 Å². The number of hydrogen-bond donors (Lipinski definition) is 0. The second-order valence-corrected chi connectivity index (χ2v) is 9.39. The Morgan fingerprint density at radius 2 is 1.88 bits per heavy atom. The summed E-state index contributed by atoms with van der Waals surface area (Å²) in [6.45, 7) is 8.76. The standard InChI is InChI=1S/C25H26N4O3S/c1-15(2)9-12-29-16(3)13-18(17(29)4)20(30)14-32-25(31)23-22(26-10-11-27-23)24-28-19-7-5-6-8-21(19)33-24/h5-8,10-11,13,15H,9,12,14H2,1-4H3. The van der Waals surface area contributed by atoms with Crippen molar-refractivity contribution in [3.8, 4) is 10.7 Å². The van der Waals surface area contributed by atoms with Crippen LogP contribution >= 0.6 is 11.3 Å². The summed E-state index contributed by atoms with van der Waals surface area (Å²) in [7, 11) is 0. The number of carbonyl (C=O) groups is 2. The number of hydrogen-bond acceptors (Lipinski definition) is 7. The third kappa shape index (κ3) is 4.85. The van der Waals surface area contributed by atoms with Crippen molar-refractivity contribution in [3.05, 3.63) is 65.4 Å². The van der Waals surface area contributed by atoms with Crippen LogP contribution in [-0.4, -0.2) is 37.9 Å². The molecule has 33 heavy (non-hydrogen) atoms. The van der Waals surface area contributed by atoms with E-state index in [1.54, 1.807) is 0 Å². The zero-order valence-electron chi connectivity index (χ0n) is 19.2. The van der Waals surface area contributed by atoms with Gasteiger partial charge in [0.2, 0.25) is 5.78 Å². The van der Waals surface area contributed by atoms with Crippen LogP contribution in [0.3, 0.4) is 0 Å². The molecule has 0 bridgehead atoms. The van der Waals surface area contributed by atoms with E-state index in [1.807, 2.05) is 44.2 Å². The normalized spacial score (nSPS) is 11.3. The molecule has 0 aliphatic rings. The summed E-state index contributed by atoms with van der Waals surface area (Å²) in [5.41, 5.74) is 3.72. The molecule has 170 valence electrons. The minimum Gasteiger partial charge on any atom is -0.452 e. The van der Waals surface area contributed by atoms with Gasteiger partial charge < -0.3 is 9.30 Å². The van der Waals surface area contributed by atoms with E-state index in [0.29, 0.717) is 22.2 Å². The van der Waals surface area contributed by atoms with Crippen molar-refractivity contribution in [1.29, 1.82) is 0 Å². The Labute approximate surface area is 196 Å². The van der Waals surface area contributed by atoms with Gasteiger partial charge in [-0.15, -0.1) is 11.3 Å². The van der Waals surface area contributed by atoms with Gasteiger partial charge in [-0.3, -0.25) is 4.79 Å². The Hall–Kier alpha value is -3.39. The summed E-state index contributed by atoms with van der Waals surface area (Å²) >= 11 is 1.42. The average Bonchev–Trinajstić information content (AvgIpc) is 3.36. The first-order valence-electron chi connectivity index (χ1n) is 10.9. The van der Waals surface area contributed by atoms with Gasteiger partial charge in [0.05, 0.1) is 10.2 Å². The molecule has 0 radical (unpaired) electrons. The van der Waals surface area contributed by atoms with Crippen LogP contribution in [0.15, 0.2) is 42.7 Å². The third-order valence-corrected chi connectivity index (χ3v) is 6.57. The summed E-state index contributed by atoms with van der Waals surface area (Å²) in [4.78, 5) is 38.7. The molecule has 0 unspecified atom stereocenters. The summed E-state index contributed by atoms with van der Waals surface area (Å²) in [5.74, 6) is -0.361. The molecular formula is C25H26N4O3S. The lowest BCUT2D eigenvalue weighted by Crippen LogP contribution is -2.17. The first-order valence-corrected chi connectivity index (χ1v) is 11.7. The minimum atomic E-state index is -0.695. The van der Waals surface area contributed by atoms with Crippen molar-refractivity contribution >= 4 is 33.3 Å². The third-order valence-electron chi connectivity index (χ3n) is 5.53. The summed E-state index contributed by atoms with van der Waals surface area (Å²) < 4.78 is 8.49. The predicted molar refractivity (Wildman–Crippen MR) is 129 cm³/mol. The molecule has 0 amide bonds. The SMILES string of the molecule is Cc1cc(C(=O)COC(=O)c2nccnc2-c2nc3ccccc3s2)c(C)n1CCC(C)C. The molecule has 0 saturated heterocycles. The van der Waals surface area contributed by atoms with E-state index >= 15 is 0 Å². The molecule has 0 saturated carbocycles. The van der Waals surface area contributed by atoms with Crippen molar-refractivity contribution in [2.24, 2.45) is 5.92 Å². The number of nitrogens with zero attached hydrogens (tertiary/aromatic N) is 4. The van der Waals surface area contributed by atoms with E-state index in [2.05, 4.69) is 33.4 Å². The highest BCUT2D eigenvalue weighted by Gasteiger charge is 2.22. The van der Waals surface area contributed by atoms with Crippen LogP contribution in [-0.2, 0) is 11.3 Å². The van der Waals surface area contributed by atoms with E-state index in [9.17, 15) is 9.59 Å². The highest BCUT2D eigenvalue weighted by molar-refractivity contribution is 7.21. The number of ketones is 1. The fourth-order valence-electron chi connectivity index (χ4n) is 3.71. The number of esters is 1. The van der Waals surface area contributed by atoms with E-state index in [0.717, 1.165) is 34.6 Å². The number of carbonyl (C=O) groups excluding carboxylic acids is 2. The lowest BCUT2D eigenvalue weighted by atomic mass is 10.1. The van der Waals surface area contributed by atoms with Crippen molar-refractivity contribution < 1.29 is 14.3 Å². The Kier molecular flexibility index (Phi) is 6.65. The maximum absolute atomic E-state index is 12.8. The zero-order chi connectivity index (χ0) is 23.5. The van der Waals surface area contributed by atoms with E-state index in [1.165, 1.54) is 23.7 Å². The van der Waals surface area contributed by atoms with Crippen molar-refractivity contribution in [3.63, 3.8) is 0 Å². The van der Waals surface area contributed by atoms with E-state index < -0.39 is 5.97 Å². The van der Waals surface area contributed by atoms with Gasteiger partial charge in [0.15, 0.2) is 12.3 Å². The lowest BCUT2D eigenvalue weighted by Gasteiger charge is -2.11. The highest BCUT2D eigenvalue weighted by atomic mass is 32.1. The number of rotatable bonds is 8. The molecule has 1 aromatic carbocycles. The second kappa shape index (κ2) is 9.62. The Bertz CT molecular complexity index is 1290. The summed E-state index contributed by atoms with van der Waals surface area (Å²) in [5, 5.41) is 0.580. The molecule has 0 spiro atoms. The van der Waals surface area contributed by atoms with Gasteiger partial charge in [-0.1, -0.05) is 26.0 Å². The predicted octanol–water partition coefficient (Wildman–Crippen LogP) is 5.26. The molecule has 4 aromatic rings. The lowest BCUT2D eigenvalue weighted by molar-refractivity contribution is 0.0469. The number of para-hydroxylation sites is 1. The molecule has 8 heteroatoms. The van der Waals surface area contributed by atoms with Crippen molar-refractivity contribution in [2.45, 2.75) is 40.7 Å². The minimum absolute atomic E-state index is 0.0479. The van der Waals surface area contributed by atoms with Gasteiger partial charge in [-0.2, -0.15) is 0 Å². The average molecular weight is 463 g/mol. The van der Waals surface area contributed by atoms with Gasteiger partial charge >= 0.3 is 5.97 Å². The molecule has 0 aliphatic heterocycles. The smallest absolute Gasteiger partial charge is 0.359 e. The number of Topliss-reactive ketones (excluding diaryl/α,β-unsaturated/α-hetero) is 1. The second-order valence-electron chi connectivity index (χ2n) is 8.36. The fraction of sp³-hybridized carbons (Fsp3) is 0.320. The number of fused-ring (bicyclic) bond motifs is 1. The molecule has 7 nitrogen and oxygen atoms in total. The van der Waals surface area contributed by atoms with Gasteiger partial charge in [0.25, 0.3) is 0 Å². The molecule has 4 rings (SSSR count). The Morgan fingerprint density at radius 3 is 2.64 bits per heavy atom. The first-order chi connectivity index (χ1) is 15.8. The number of ether oxygens (including phenoxy) is 1. The van der Waals surface area contributed by atoms with Gasteiger partial charge in [0.1, 0.15) is 10.7 Å². The quantitative estimate of drug-likeness (QED) is 0.262. The van der Waals surface area contributed by atoms with Crippen molar-refractivity contribution in [1.82, 2.24) is 19.5 Å². The summed E-state index contributed by atoms with van der Waals surface area (Å²) in [6.07, 6.45) is 3.97. The van der Waals surface area contributed by atoms with Crippen LogP contribution in [0.1, 0.15) is 52.5 Å². The molecule has 0 N–H and O–H groups in total. The maximum Gasteiger partial charge on any atom is 0.359 e. The number of thiazole rings is 1. The number of aryl methyl sites for hydroxylation is 1. The molecule has 0 fully saturated rings. The molecular weight excluding hydrogens is 436 g/mol. The van der Waals surface area contributed by atoms with Crippen LogP contribution in [0.25, 0.3) is 20.9 Å². The summed E-state index contributed by atoms with van der Waals surface area (Å²) in [6, 6.07) is 9.56.